The van der Waals surface area contributed by atoms with E-state index in [1.165, 1.54) is 0 Å². The standard InChI is InChI=1S/C12H13Br2N/c1-8-9-6-4-5-7-10(9)15-11(2,3)12(8,13)14/h4-7,15H,1H2,2-3H3. The van der Waals surface area contributed by atoms with Gasteiger partial charge in [0.15, 0.2) is 0 Å². The fraction of sp³-hybridized carbons (Fsp3) is 0.333. The molecular formula is C12H13Br2N. The molecule has 0 saturated carbocycles. The maximum Gasteiger partial charge on any atom is 0.128 e. The van der Waals surface area contributed by atoms with Crippen LogP contribution in [-0.4, -0.2) is 8.77 Å². The van der Waals surface area contributed by atoms with Crippen LogP contribution < -0.4 is 5.32 Å². The van der Waals surface area contributed by atoms with Crippen molar-refractivity contribution < 1.29 is 0 Å². The summed E-state index contributed by atoms with van der Waals surface area (Å²) in [6, 6.07) is 8.22. The van der Waals surface area contributed by atoms with Crippen LogP contribution in [-0.2, 0) is 0 Å². The van der Waals surface area contributed by atoms with Gasteiger partial charge in [0.25, 0.3) is 0 Å². The summed E-state index contributed by atoms with van der Waals surface area (Å²) in [5.41, 5.74) is 3.23. The van der Waals surface area contributed by atoms with E-state index in [1.54, 1.807) is 0 Å². The number of fused-ring (bicyclic) bond motifs is 1. The fourth-order valence-electron chi connectivity index (χ4n) is 1.82. The maximum atomic E-state index is 4.17. The molecule has 15 heavy (non-hydrogen) atoms. The number of hydrogen-bond acceptors (Lipinski definition) is 1. The highest BCUT2D eigenvalue weighted by molar-refractivity contribution is 9.25. The van der Waals surface area contributed by atoms with Crippen LogP contribution in [0.25, 0.3) is 5.57 Å². The van der Waals surface area contributed by atoms with Crippen molar-refractivity contribution in [2.45, 2.75) is 22.6 Å². The number of alkyl halides is 2. The Morgan fingerprint density at radius 1 is 1.20 bits per heavy atom. The Bertz CT molecular complexity index is 421. The van der Waals surface area contributed by atoms with Crippen molar-refractivity contribution in [3.05, 3.63) is 36.4 Å². The van der Waals surface area contributed by atoms with Crippen molar-refractivity contribution in [3.63, 3.8) is 0 Å². The molecule has 1 aliphatic rings. The molecule has 3 heteroatoms. The predicted octanol–water partition coefficient (Wildman–Crippen LogP) is 4.39. The summed E-state index contributed by atoms with van der Waals surface area (Å²) in [6.45, 7) is 8.44. The molecule has 0 fully saturated rings. The van der Waals surface area contributed by atoms with Crippen LogP contribution in [0.2, 0.25) is 0 Å². The average molecular weight is 331 g/mol. The molecule has 1 aliphatic heterocycles. The molecule has 0 saturated heterocycles. The van der Waals surface area contributed by atoms with Gasteiger partial charge in [0, 0.05) is 11.3 Å². The van der Waals surface area contributed by atoms with E-state index in [2.05, 4.69) is 69.7 Å². The van der Waals surface area contributed by atoms with E-state index >= 15 is 0 Å². The van der Waals surface area contributed by atoms with Crippen molar-refractivity contribution in [2.75, 3.05) is 5.32 Å². The Morgan fingerprint density at radius 3 is 2.47 bits per heavy atom. The van der Waals surface area contributed by atoms with E-state index in [0.29, 0.717) is 0 Å². The number of para-hydroxylation sites is 1. The molecule has 80 valence electrons. The van der Waals surface area contributed by atoms with Crippen molar-refractivity contribution in [1.82, 2.24) is 0 Å². The van der Waals surface area contributed by atoms with E-state index in [-0.39, 0.29) is 8.77 Å². The minimum atomic E-state index is -0.304. The minimum absolute atomic E-state index is 0.127. The third-order valence-corrected chi connectivity index (χ3v) is 5.80. The summed E-state index contributed by atoms with van der Waals surface area (Å²) in [4.78, 5) is 0. The summed E-state index contributed by atoms with van der Waals surface area (Å²) in [5.74, 6) is 0. The molecule has 0 aliphatic carbocycles. The number of anilines is 1. The van der Waals surface area contributed by atoms with Gasteiger partial charge in [0.1, 0.15) is 3.23 Å². The lowest BCUT2D eigenvalue weighted by Gasteiger charge is -2.45. The van der Waals surface area contributed by atoms with Crippen molar-refractivity contribution in [3.8, 4) is 0 Å². The first-order chi connectivity index (χ1) is 6.86. The highest BCUT2D eigenvalue weighted by atomic mass is 79.9. The largest absolute Gasteiger partial charge is 0.377 e. The molecule has 0 amide bonds. The van der Waals surface area contributed by atoms with Gasteiger partial charge < -0.3 is 5.32 Å². The van der Waals surface area contributed by atoms with Gasteiger partial charge in [0.05, 0.1) is 5.54 Å². The summed E-state index contributed by atoms with van der Waals surface area (Å²) in [5, 5.41) is 3.50. The zero-order valence-electron chi connectivity index (χ0n) is 8.77. The molecule has 1 aromatic rings. The Labute approximate surface area is 107 Å². The normalized spacial score (nSPS) is 21.7. The molecule has 0 bridgehead atoms. The molecule has 0 unspecified atom stereocenters. The third kappa shape index (κ3) is 1.56. The summed E-state index contributed by atoms with van der Waals surface area (Å²) >= 11 is 7.41. The SMILES string of the molecule is C=C1c2ccccc2NC(C)(C)C1(Br)Br. The van der Waals surface area contributed by atoms with Gasteiger partial charge in [-0.3, -0.25) is 0 Å². The Morgan fingerprint density at radius 2 is 1.80 bits per heavy atom. The van der Waals surface area contributed by atoms with Crippen LogP contribution in [0.15, 0.2) is 30.8 Å². The molecule has 0 aromatic heterocycles. The topological polar surface area (TPSA) is 12.0 Å². The smallest absolute Gasteiger partial charge is 0.128 e. The van der Waals surface area contributed by atoms with Gasteiger partial charge in [-0.15, -0.1) is 0 Å². The lowest BCUT2D eigenvalue weighted by atomic mass is 9.86. The Hall–Kier alpha value is -0.280. The Kier molecular flexibility index (Phi) is 2.51. The second kappa shape index (κ2) is 3.36. The molecule has 1 aromatic carbocycles. The molecule has 1 nitrogen and oxygen atoms in total. The summed E-state index contributed by atoms with van der Waals surface area (Å²) in [6.07, 6.45) is 0. The van der Waals surface area contributed by atoms with Crippen molar-refractivity contribution in [2.24, 2.45) is 0 Å². The monoisotopic (exact) mass is 329 g/mol. The first-order valence-corrected chi connectivity index (χ1v) is 6.39. The number of hydrogen-bond donors (Lipinski definition) is 1. The Balaban J connectivity index is 2.61. The van der Waals surface area contributed by atoms with Crippen LogP contribution in [0.1, 0.15) is 19.4 Å². The first kappa shape index (κ1) is 11.2. The summed E-state index contributed by atoms with van der Waals surface area (Å²) in [7, 11) is 0. The number of rotatable bonds is 0. The van der Waals surface area contributed by atoms with Gasteiger partial charge in [-0.1, -0.05) is 56.6 Å². The fourth-order valence-corrected chi connectivity index (χ4v) is 2.44. The molecule has 1 N–H and O–H groups in total. The minimum Gasteiger partial charge on any atom is -0.377 e. The van der Waals surface area contributed by atoms with E-state index < -0.39 is 0 Å². The average Bonchev–Trinajstić information content (AvgIpc) is 2.15. The van der Waals surface area contributed by atoms with Crippen LogP contribution >= 0.6 is 31.9 Å². The number of halogens is 2. The van der Waals surface area contributed by atoms with Crippen LogP contribution in [0.3, 0.4) is 0 Å². The summed E-state index contributed by atoms with van der Waals surface area (Å²) < 4.78 is -0.304. The highest BCUT2D eigenvalue weighted by Gasteiger charge is 2.47. The first-order valence-electron chi connectivity index (χ1n) is 4.81. The van der Waals surface area contributed by atoms with Crippen molar-refractivity contribution >= 4 is 43.1 Å². The van der Waals surface area contributed by atoms with E-state index in [0.717, 1.165) is 16.8 Å². The van der Waals surface area contributed by atoms with Crippen LogP contribution in [0.4, 0.5) is 5.69 Å². The van der Waals surface area contributed by atoms with Gasteiger partial charge in [-0.2, -0.15) is 0 Å². The second-order valence-electron chi connectivity index (χ2n) is 4.35. The predicted molar refractivity (Wildman–Crippen MR) is 73.8 cm³/mol. The lowest BCUT2D eigenvalue weighted by molar-refractivity contribution is 0.574. The van der Waals surface area contributed by atoms with Crippen molar-refractivity contribution in [1.29, 1.82) is 0 Å². The highest BCUT2D eigenvalue weighted by Crippen LogP contribution is 2.53. The zero-order valence-corrected chi connectivity index (χ0v) is 11.9. The maximum absolute atomic E-state index is 4.17. The quantitative estimate of drug-likeness (QED) is 0.696. The zero-order chi connectivity index (χ0) is 11.3. The molecule has 0 atom stereocenters. The van der Waals surface area contributed by atoms with Gasteiger partial charge >= 0.3 is 0 Å². The third-order valence-electron chi connectivity index (χ3n) is 2.86. The van der Waals surface area contributed by atoms with Gasteiger partial charge in [-0.25, -0.2) is 0 Å². The van der Waals surface area contributed by atoms with E-state index in [1.807, 2.05) is 12.1 Å². The van der Waals surface area contributed by atoms with E-state index in [9.17, 15) is 0 Å². The molecule has 2 rings (SSSR count). The van der Waals surface area contributed by atoms with Crippen LogP contribution in [0, 0.1) is 0 Å². The lowest BCUT2D eigenvalue weighted by Crippen LogP contribution is -2.50. The van der Waals surface area contributed by atoms with E-state index in [4.69, 9.17) is 0 Å². The van der Waals surface area contributed by atoms with Gasteiger partial charge in [-0.05, 0) is 25.5 Å². The molecule has 0 spiro atoms. The second-order valence-corrected chi connectivity index (χ2v) is 7.79. The van der Waals surface area contributed by atoms with Crippen LogP contribution in [0.5, 0.6) is 0 Å². The number of nitrogens with one attached hydrogen (secondary N) is 1. The number of benzene rings is 1. The molecule has 0 radical (unpaired) electrons. The van der Waals surface area contributed by atoms with Gasteiger partial charge in [0.2, 0.25) is 0 Å². The molecule has 1 heterocycles. The molecular weight excluding hydrogens is 318 g/mol.